The summed E-state index contributed by atoms with van der Waals surface area (Å²) >= 11 is 5.57. The second-order valence-corrected chi connectivity index (χ2v) is 3.68. The summed E-state index contributed by atoms with van der Waals surface area (Å²) < 4.78 is 26.3. The number of hydrogen-bond donors (Lipinski definition) is 0. The van der Waals surface area contributed by atoms with Crippen molar-refractivity contribution < 1.29 is 8.78 Å². The van der Waals surface area contributed by atoms with Crippen molar-refractivity contribution in [3.8, 4) is 0 Å². The zero-order valence-corrected chi connectivity index (χ0v) is 8.80. The zero-order valence-electron chi connectivity index (χ0n) is 8.04. The summed E-state index contributed by atoms with van der Waals surface area (Å²) in [5.41, 5.74) is 0. The minimum Gasteiger partial charge on any atom is -0.309 e. The summed E-state index contributed by atoms with van der Waals surface area (Å²) in [5.74, 6) is 0.461. The van der Waals surface area contributed by atoms with E-state index in [1.807, 2.05) is 13.8 Å². The van der Waals surface area contributed by atoms with Crippen LogP contribution in [0.1, 0.15) is 31.9 Å². The molecule has 1 rings (SSSR count). The molecule has 1 aromatic heterocycles. The van der Waals surface area contributed by atoms with Gasteiger partial charge in [0.2, 0.25) is 0 Å². The van der Waals surface area contributed by atoms with Crippen LogP contribution >= 0.6 is 11.6 Å². The fourth-order valence-corrected chi connectivity index (χ4v) is 1.37. The molecule has 0 aliphatic carbocycles. The molecule has 0 aliphatic rings. The Bertz CT molecular complexity index is 299. The van der Waals surface area contributed by atoms with Crippen molar-refractivity contribution in [1.82, 2.24) is 14.8 Å². The van der Waals surface area contributed by atoms with Gasteiger partial charge in [0.15, 0.2) is 5.82 Å². The van der Waals surface area contributed by atoms with Crippen LogP contribution in [0.5, 0.6) is 0 Å². The van der Waals surface area contributed by atoms with Crippen LogP contribution in [0.2, 0.25) is 0 Å². The molecule has 0 atom stereocenters. The highest BCUT2D eigenvalue weighted by Gasteiger charge is 2.19. The quantitative estimate of drug-likeness (QED) is 0.735. The van der Waals surface area contributed by atoms with Crippen molar-refractivity contribution in [2.24, 2.45) is 5.92 Å². The van der Waals surface area contributed by atoms with Crippen molar-refractivity contribution in [1.29, 1.82) is 0 Å². The lowest BCUT2D eigenvalue weighted by Crippen LogP contribution is -2.11. The minimum atomic E-state index is -2.60. The molecule has 0 fully saturated rings. The Morgan fingerprint density at radius 2 is 2.00 bits per heavy atom. The zero-order chi connectivity index (χ0) is 10.7. The first kappa shape index (κ1) is 11.4. The van der Waals surface area contributed by atoms with Crippen molar-refractivity contribution in [3.05, 3.63) is 11.6 Å². The van der Waals surface area contributed by atoms with Gasteiger partial charge in [0.1, 0.15) is 5.82 Å². The molecule has 0 spiro atoms. The molecule has 0 radical (unpaired) electrons. The summed E-state index contributed by atoms with van der Waals surface area (Å²) in [7, 11) is 0. The second kappa shape index (κ2) is 4.68. The maximum atomic E-state index is 12.5. The van der Waals surface area contributed by atoms with Crippen LogP contribution in [0.25, 0.3) is 0 Å². The van der Waals surface area contributed by atoms with E-state index in [9.17, 15) is 8.78 Å². The molecular weight excluding hydrogens is 212 g/mol. The van der Waals surface area contributed by atoms with E-state index >= 15 is 0 Å². The van der Waals surface area contributed by atoms with Gasteiger partial charge in [-0.2, -0.15) is 0 Å². The van der Waals surface area contributed by atoms with E-state index in [4.69, 9.17) is 11.6 Å². The largest absolute Gasteiger partial charge is 0.309 e. The Morgan fingerprint density at radius 1 is 1.36 bits per heavy atom. The smallest absolute Gasteiger partial charge is 0.297 e. The molecule has 0 unspecified atom stereocenters. The number of hydrogen-bond acceptors (Lipinski definition) is 2. The van der Waals surface area contributed by atoms with Crippen molar-refractivity contribution in [2.45, 2.75) is 32.7 Å². The highest BCUT2D eigenvalue weighted by molar-refractivity contribution is 6.16. The molecule has 6 heteroatoms. The highest BCUT2D eigenvalue weighted by atomic mass is 35.5. The van der Waals surface area contributed by atoms with Gasteiger partial charge in [-0.05, 0) is 5.92 Å². The van der Waals surface area contributed by atoms with E-state index < -0.39 is 6.43 Å². The third kappa shape index (κ3) is 2.41. The summed E-state index contributed by atoms with van der Waals surface area (Å²) in [6.07, 6.45) is -2.60. The Labute approximate surface area is 86.1 Å². The predicted octanol–water partition coefficient (Wildman–Crippen LogP) is 2.61. The molecule has 0 aliphatic heterocycles. The van der Waals surface area contributed by atoms with Gasteiger partial charge >= 0.3 is 0 Å². The number of rotatable bonds is 4. The molecule has 0 N–H and O–H groups in total. The molecule has 3 nitrogen and oxygen atoms in total. The monoisotopic (exact) mass is 223 g/mol. The lowest BCUT2D eigenvalue weighted by Gasteiger charge is -2.10. The van der Waals surface area contributed by atoms with Crippen LogP contribution in [-0.4, -0.2) is 14.8 Å². The Kier molecular flexibility index (Phi) is 3.80. The second-order valence-electron chi connectivity index (χ2n) is 3.41. The van der Waals surface area contributed by atoms with E-state index in [2.05, 4.69) is 10.2 Å². The van der Waals surface area contributed by atoms with Crippen molar-refractivity contribution in [3.63, 3.8) is 0 Å². The fraction of sp³-hybridized carbons (Fsp3) is 0.750. The topological polar surface area (TPSA) is 30.7 Å². The number of halogens is 3. The molecule has 0 bridgehead atoms. The number of nitrogens with zero attached hydrogens (tertiary/aromatic N) is 3. The van der Waals surface area contributed by atoms with Crippen LogP contribution in [0.4, 0.5) is 8.78 Å². The standard InChI is InChI=1S/C8H12ClF2N3/c1-5(2)4-14-6(3-9)12-13-8(14)7(10)11/h5,7H,3-4H2,1-2H3. The fourth-order valence-electron chi connectivity index (χ4n) is 1.17. The van der Waals surface area contributed by atoms with E-state index in [1.165, 1.54) is 4.57 Å². The van der Waals surface area contributed by atoms with Gasteiger partial charge < -0.3 is 4.57 Å². The lowest BCUT2D eigenvalue weighted by atomic mass is 10.2. The average molecular weight is 224 g/mol. The van der Waals surface area contributed by atoms with Crippen molar-refractivity contribution >= 4 is 11.6 Å². The summed E-state index contributed by atoms with van der Waals surface area (Å²) in [6, 6.07) is 0. The minimum absolute atomic E-state index is 0.104. The van der Waals surface area contributed by atoms with Crippen LogP contribution in [0.3, 0.4) is 0 Å². The van der Waals surface area contributed by atoms with E-state index in [-0.39, 0.29) is 17.6 Å². The summed E-state index contributed by atoms with van der Waals surface area (Å²) in [4.78, 5) is 0. The first-order valence-electron chi connectivity index (χ1n) is 4.32. The number of aromatic nitrogens is 3. The maximum absolute atomic E-state index is 12.5. The Balaban J connectivity index is 3.00. The average Bonchev–Trinajstić information content (AvgIpc) is 2.46. The normalized spacial score (nSPS) is 11.6. The van der Waals surface area contributed by atoms with Gasteiger partial charge in [0.05, 0.1) is 5.88 Å². The van der Waals surface area contributed by atoms with Crippen LogP contribution in [-0.2, 0) is 12.4 Å². The molecule has 14 heavy (non-hydrogen) atoms. The first-order chi connectivity index (χ1) is 6.56. The molecule has 0 amide bonds. The first-order valence-corrected chi connectivity index (χ1v) is 4.85. The maximum Gasteiger partial charge on any atom is 0.297 e. The van der Waals surface area contributed by atoms with Gasteiger partial charge in [-0.3, -0.25) is 0 Å². The molecule has 0 saturated heterocycles. The van der Waals surface area contributed by atoms with Gasteiger partial charge in [0, 0.05) is 6.54 Å². The molecular formula is C8H12ClF2N3. The van der Waals surface area contributed by atoms with Gasteiger partial charge in [-0.25, -0.2) is 8.78 Å². The van der Waals surface area contributed by atoms with Crippen molar-refractivity contribution in [2.75, 3.05) is 0 Å². The van der Waals surface area contributed by atoms with Gasteiger partial charge in [-0.1, -0.05) is 13.8 Å². The van der Waals surface area contributed by atoms with Gasteiger partial charge in [0.25, 0.3) is 6.43 Å². The molecule has 0 saturated carbocycles. The SMILES string of the molecule is CC(C)Cn1c(CCl)nnc1C(F)F. The Morgan fingerprint density at radius 3 is 2.43 bits per heavy atom. The third-order valence-electron chi connectivity index (χ3n) is 1.72. The highest BCUT2D eigenvalue weighted by Crippen LogP contribution is 2.19. The van der Waals surface area contributed by atoms with E-state index in [1.54, 1.807) is 0 Å². The molecule has 0 aromatic carbocycles. The van der Waals surface area contributed by atoms with Gasteiger partial charge in [-0.15, -0.1) is 21.8 Å². The van der Waals surface area contributed by atoms with E-state index in [0.29, 0.717) is 12.4 Å². The third-order valence-corrected chi connectivity index (χ3v) is 1.96. The Hall–Kier alpha value is -0.710. The van der Waals surface area contributed by atoms with E-state index in [0.717, 1.165) is 0 Å². The molecule has 1 heterocycles. The number of alkyl halides is 3. The van der Waals surface area contributed by atoms with Crippen LogP contribution < -0.4 is 0 Å². The lowest BCUT2D eigenvalue weighted by molar-refractivity contribution is 0.133. The van der Waals surface area contributed by atoms with Crippen LogP contribution in [0, 0.1) is 5.92 Å². The predicted molar refractivity (Wildman–Crippen MR) is 49.4 cm³/mol. The van der Waals surface area contributed by atoms with Crippen LogP contribution in [0.15, 0.2) is 0 Å². The molecule has 1 aromatic rings. The summed E-state index contributed by atoms with van der Waals surface area (Å²) in [5, 5.41) is 7.03. The summed E-state index contributed by atoms with van der Waals surface area (Å²) in [6.45, 7) is 4.34. The molecule has 80 valence electrons.